The molecule has 216 valence electrons. The quantitative estimate of drug-likeness (QED) is 0.184. The topological polar surface area (TPSA) is 93.8 Å². The van der Waals surface area contributed by atoms with Gasteiger partial charge in [0.25, 0.3) is 0 Å². The van der Waals surface area contributed by atoms with Gasteiger partial charge in [0.2, 0.25) is 0 Å². The highest BCUT2D eigenvalue weighted by atomic mass is 19.1. The smallest absolute Gasteiger partial charge is 0.354 e. The third-order valence-corrected chi connectivity index (χ3v) is 7.49. The second-order valence-corrected chi connectivity index (χ2v) is 10.1. The van der Waals surface area contributed by atoms with Gasteiger partial charge in [0.1, 0.15) is 17.3 Å². The Morgan fingerprint density at radius 1 is 1.05 bits per heavy atom. The lowest BCUT2D eigenvalue weighted by Gasteiger charge is -2.12. The number of benzene rings is 2. The van der Waals surface area contributed by atoms with Crippen molar-refractivity contribution < 1.29 is 32.9 Å². The SMILES string of the molecule is COC(=O)c1c(CCCOC(C)=O)c2ccc(F)c(-c3c(COCc4ccc(OC)cc4)nn4c3CCC4)c2n1C. The molecule has 9 nitrogen and oxygen atoms in total. The summed E-state index contributed by atoms with van der Waals surface area (Å²) in [5.74, 6) is -0.511. The number of rotatable bonds is 11. The van der Waals surface area contributed by atoms with Crippen molar-refractivity contribution in [2.75, 3.05) is 20.8 Å². The Labute approximate surface area is 237 Å². The Hall–Kier alpha value is -4.18. The fraction of sp³-hybridized carbons (Fsp3) is 0.387. The molecule has 0 bridgehead atoms. The molecule has 10 heteroatoms. The van der Waals surface area contributed by atoms with E-state index in [0.29, 0.717) is 47.5 Å². The minimum Gasteiger partial charge on any atom is -0.497 e. The summed E-state index contributed by atoms with van der Waals surface area (Å²) in [4.78, 5) is 24.2. The van der Waals surface area contributed by atoms with Crippen LogP contribution in [0.3, 0.4) is 0 Å². The molecule has 0 saturated heterocycles. The van der Waals surface area contributed by atoms with E-state index in [1.807, 2.05) is 28.9 Å². The van der Waals surface area contributed by atoms with Crippen molar-refractivity contribution in [3.8, 4) is 16.9 Å². The molecule has 2 aromatic carbocycles. The zero-order valence-corrected chi connectivity index (χ0v) is 23.8. The van der Waals surface area contributed by atoms with Crippen LogP contribution in [0.5, 0.6) is 5.75 Å². The standard InChI is InChI=1S/C31H34FN3O6/c1-19(36)41-16-6-7-22-23-13-14-24(32)27(29(23)34(2)30(22)31(37)39-4)28-25(33-35-15-5-8-26(28)35)18-40-17-20-9-11-21(38-3)12-10-20/h9-14H,5-8,15-18H2,1-4H3. The van der Waals surface area contributed by atoms with Crippen LogP contribution in [0.1, 0.15) is 52.8 Å². The molecule has 41 heavy (non-hydrogen) atoms. The lowest BCUT2D eigenvalue weighted by atomic mass is 9.96. The fourth-order valence-corrected chi connectivity index (χ4v) is 5.68. The van der Waals surface area contributed by atoms with Crippen molar-refractivity contribution in [2.24, 2.45) is 7.05 Å². The number of esters is 2. The van der Waals surface area contributed by atoms with Gasteiger partial charge in [-0.1, -0.05) is 12.1 Å². The molecule has 0 spiro atoms. The Bertz CT molecular complexity index is 1590. The monoisotopic (exact) mass is 563 g/mol. The molecule has 0 atom stereocenters. The van der Waals surface area contributed by atoms with Gasteiger partial charge in [-0.3, -0.25) is 9.48 Å². The van der Waals surface area contributed by atoms with E-state index in [4.69, 9.17) is 24.0 Å². The third kappa shape index (κ3) is 5.56. The van der Waals surface area contributed by atoms with Crippen LogP contribution < -0.4 is 4.74 Å². The molecule has 0 unspecified atom stereocenters. The van der Waals surface area contributed by atoms with Gasteiger partial charge >= 0.3 is 11.9 Å². The second kappa shape index (κ2) is 12.1. The van der Waals surface area contributed by atoms with Crippen molar-refractivity contribution in [1.29, 1.82) is 0 Å². The zero-order valence-electron chi connectivity index (χ0n) is 23.8. The molecular formula is C31H34FN3O6. The van der Waals surface area contributed by atoms with Crippen molar-refractivity contribution >= 4 is 22.8 Å². The minimum atomic E-state index is -0.513. The average Bonchev–Trinajstić information content (AvgIpc) is 3.63. The van der Waals surface area contributed by atoms with E-state index in [0.717, 1.165) is 47.3 Å². The highest BCUT2D eigenvalue weighted by molar-refractivity contribution is 6.05. The van der Waals surface area contributed by atoms with Crippen LogP contribution in [0.4, 0.5) is 4.39 Å². The lowest BCUT2D eigenvalue weighted by Crippen LogP contribution is -2.11. The number of halogens is 1. The Morgan fingerprint density at radius 3 is 2.54 bits per heavy atom. The van der Waals surface area contributed by atoms with Gasteiger partial charge in [-0.05, 0) is 61.1 Å². The number of carbonyl (C=O) groups excluding carboxylic acids is 2. The average molecular weight is 564 g/mol. The van der Waals surface area contributed by atoms with Crippen LogP contribution in [0, 0.1) is 5.82 Å². The van der Waals surface area contributed by atoms with Crippen molar-refractivity contribution in [2.45, 2.75) is 52.4 Å². The summed E-state index contributed by atoms with van der Waals surface area (Å²) in [5, 5.41) is 5.56. The van der Waals surface area contributed by atoms with E-state index in [1.54, 1.807) is 24.8 Å². The molecule has 0 N–H and O–H groups in total. The summed E-state index contributed by atoms with van der Waals surface area (Å²) in [7, 11) is 4.70. The molecule has 0 saturated carbocycles. The van der Waals surface area contributed by atoms with Crippen LogP contribution in [-0.4, -0.2) is 47.1 Å². The normalized spacial score (nSPS) is 12.5. The van der Waals surface area contributed by atoms with Gasteiger partial charge in [0.05, 0.1) is 45.3 Å². The van der Waals surface area contributed by atoms with Gasteiger partial charge in [0, 0.05) is 42.7 Å². The molecule has 1 aliphatic heterocycles. The fourth-order valence-electron chi connectivity index (χ4n) is 5.68. The summed E-state index contributed by atoms with van der Waals surface area (Å²) in [6.45, 7) is 2.88. The van der Waals surface area contributed by atoms with Gasteiger partial charge in [0.15, 0.2) is 0 Å². The van der Waals surface area contributed by atoms with Gasteiger partial charge in [-0.2, -0.15) is 5.10 Å². The van der Waals surface area contributed by atoms with Crippen LogP contribution in [0.25, 0.3) is 22.0 Å². The molecule has 2 aromatic heterocycles. The van der Waals surface area contributed by atoms with E-state index in [2.05, 4.69) is 0 Å². The highest BCUT2D eigenvalue weighted by Gasteiger charge is 2.30. The summed E-state index contributed by atoms with van der Waals surface area (Å²) < 4.78 is 41.1. The van der Waals surface area contributed by atoms with Gasteiger partial charge < -0.3 is 23.5 Å². The van der Waals surface area contributed by atoms with Crippen LogP contribution in [0.2, 0.25) is 0 Å². The van der Waals surface area contributed by atoms with E-state index < -0.39 is 11.8 Å². The maximum absolute atomic E-state index is 15.9. The van der Waals surface area contributed by atoms with Gasteiger partial charge in [-0.25, -0.2) is 9.18 Å². The molecule has 0 fully saturated rings. The number of aromatic nitrogens is 3. The predicted octanol–water partition coefficient (Wildman–Crippen LogP) is 5.13. The molecule has 4 aromatic rings. The van der Waals surface area contributed by atoms with Crippen molar-refractivity contribution in [3.05, 3.63) is 70.4 Å². The summed E-state index contributed by atoms with van der Waals surface area (Å²) >= 11 is 0. The molecule has 1 aliphatic rings. The van der Waals surface area contributed by atoms with Crippen LogP contribution in [0.15, 0.2) is 36.4 Å². The number of hydrogen-bond donors (Lipinski definition) is 0. The van der Waals surface area contributed by atoms with E-state index in [1.165, 1.54) is 20.1 Å². The largest absolute Gasteiger partial charge is 0.497 e. The lowest BCUT2D eigenvalue weighted by molar-refractivity contribution is -0.141. The Morgan fingerprint density at radius 2 is 1.83 bits per heavy atom. The molecule has 0 amide bonds. The minimum absolute atomic E-state index is 0.195. The van der Waals surface area contributed by atoms with Gasteiger partial charge in [-0.15, -0.1) is 0 Å². The molecule has 0 radical (unpaired) electrons. The number of aryl methyl sites for hydroxylation is 3. The van der Waals surface area contributed by atoms with E-state index in [9.17, 15) is 9.59 Å². The first-order valence-electron chi connectivity index (χ1n) is 13.6. The second-order valence-electron chi connectivity index (χ2n) is 10.1. The van der Waals surface area contributed by atoms with E-state index in [-0.39, 0.29) is 19.2 Å². The third-order valence-electron chi connectivity index (χ3n) is 7.49. The number of fused-ring (bicyclic) bond motifs is 2. The number of ether oxygens (including phenoxy) is 4. The number of carbonyl (C=O) groups is 2. The first kappa shape index (κ1) is 28.4. The molecule has 5 rings (SSSR count). The van der Waals surface area contributed by atoms with Crippen molar-refractivity contribution in [1.82, 2.24) is 14.3 Å². The van der Waals surface area contributed by atoms with Crippen molar-refractivity contribution in [3.63, 3.8) is 0 Å². The highest BCUT2D eigenvalue weighted by Crippen LogP contribution is 2.41. The van der Waals surface area contributed by atoms with Crippen LogP contribution in [-0.2, 0) is 58.7 Å². The maximum atomic E-state index is 15.9. The first-order chi connectivity index (χ1) is 19.8. The molecule has 0 aliphatic carbocycles. The van der Waals surface area contributed by atoms with Crippen LogP contribution >= 0.6 is 0 Å². The summed E-state index contributed by atoms with van der Waals surface area (Å²) in [6.07, 6.45) is 2.63. The Kier molecular flexibility index (Phi) is 8.39. The predicted molar refractivity (Wildman–Crippen MR) is 150 cm³/mol. The molecule has 3 heterocycles. The first-order valence-corrected chi connectivity index (χ1v) is 13.6. The number of nitrogens with zero attached hydrogens (tertiary/aromatic N) is 3. The molecular weight excluding hydrogens is 529 g/mol. The summed E-state index contributed by atoms with van der Waals surface area (Å²) in [6, 6.07) is 10.8. The zero-order chi connectivity index (χ0) is 29.1. The number of hydrogen-bond acceptors (Lipinski definition) is 7. The van der Waals surface area contributed by atoms with E-state index >= 15 is 4.39 Å². The number of methoxy groups -OCH3 is 2. The maximum Gasteiger partial charge on any atom is 0.354 e. The summed E-state index contributed by atoms with van der Waals surface area (Å²) in [5.41, 5.74) is 5.36. The Balaban J connectivity index is 1.56.